The Labute approximate surface area is 186 Å². The number of nitrogens with one attached hydrogen (secondary N) is 2. The Kier molecular flexibility index (Phi) is 4.99. The summed E-state index contributed by atoms with van der Waals surface area (Å²) in [4.78, 5) is 34.8. The summed E-state index contributed by atoms with van der Waals surface area (Å²) in [7, 11) is 0. The number of aryl methyl sites for hydroxylation is 1. The second-order valence-electron chi connectivity index (χ2n) is 7.55. The minimum absolute atomic E-state index is 0.0931. The largest absolute Gasteiger partial charge is 0.369 e. The third kappa shape index (κ3) is 3.60. The van der Waals surface area contributed by atoms with Gasteiger partial charge in [0.25, 0.3) is 5.56 Å². The van der Waals surface area contributed by atoms with Crippen LogP contribution >= 0.6 is 23.4 Å². The van der Waals surface area contributed by atoms with Crippen LogP contribution in [0.25, 0.3) is 21.9 Å². The number of anilines is 2. The van der Waals surface area contributed by atoms with Crippen molar-refractivity contribution in [2.45, 2.75) is 35.9 Å². The van der Waals surface area contributed by atoms with Crippen molar-refractivity contribution in [1.29, 1.82) is 0 Å². The van der Waals surface area contributed by atoms with Crippen LogP contribution in [0.15, 0.2) is 33.0 Å². The summed E-state index contributed by atoms with van der Waals surface area (Å²) >= 11 is 8.03. The Hall–Kier alpha value is -2.82. The first-order valence-corrected chi connectivity index (χ1v) is 11.2. The highest BCUT2D eigenvalue weighted by Gasteiger charge is 2.26. The Morgan fingerprint density at radius 2 is 2.13 bits per heavy atom. The van der Waals surface area contributed by atoms with Crippen LogP contribution in [0.1, 0.15) is 19.0 Å². The molecule has 160 valence electrons. The molecule has 31 heavy (non-hydrogen) atoms. The van der Waals surface area contributed by atoms with Crippen molar-refractivity contribution in [2.24, 2.45) is 5.73 Å². The van der Waals surface area contributed by atoms with Crippen molar-refractivity contribution in [2.75, 3.05) is 23.7 Å². The number of hydrogen-bond donors (Lipinski definition) is 4. The molecule has 4 aromatic rings. The van der Waals surface area contributed by atoms with Crippen LogP contribution in [0.3, 0.4) is 0 Å². The van der Waals surface area contributed by atoms with E-state index in [4.69, 9.17) is 33.0 Å². The molecule has 1 aromatic carbocycles. The van der Waals surface area contributed by atoms with E-state index in [9.17, 15) is 4.79 Å². The van der Waals surface area contributed by atoms with Gasteiger partial charge in [-0.05, 0) is 42.8 Å². The van der Waals surface area contributed by atoms with Crippen LogP contribution in [-0.2, 0) is 6.42 Å². The molecule has 0 aliphatic carbocycles. The maximum Gasteiger partial charge on any atom is 0.260 e. The highest BCUT2D eigenvalue weighted by Crippen LogP contribution is 2.37. The summed E-state index contributed by atoms with van der Waals surface area (Å²) in [5, 5.41) is 2.50. The molecule has 0 bridgehead atoms. The van der Waals surface area contributed by atoms with E-state index in [0.717, 1.165) is 47.7 Å². The van der Waals surface area contributed by atoms with Gasteiger partial charge in [-0.25, -0.2) is 15.0 Å². The molecule has 11 heteroatoms. The minimum Gasteiger partial charge on any atom is -0.369 e. The number of benzene rings is 1. The van der Waals surface area contributed by atoms with Gasteiger partial charge in [0.15, 0.2) is 5.16 Å². The Balaban J connectivity index is 1.60. The molecule has 0 unspecified atom stereocenters. The molecular formula is C20H21ClN8OS. The molecule has 0 radical (unpaired) electrons. The lowest BCUT2D eigenvalue weighted by molar-refractivity contribution is 0.751. The van der Waals surface area contributed by atoms with Crippen molar-refractivity contribution in [3.63, 3.8) is 0 Å². The highest BCUT2D eigenvalue weighted by molar-refractivity contribution is 7.99. The number of hydrogen-bond acceptors (Lipinski definition) is 8. The third-order valence-electron chi connectivity index (χ3n) is 5.41. The number of fused-ring (bicyclic) bond motifs is 2. The molecule has 3 aromatic heterocycles. The molecule has 0 spiro atoms. The second-order valence-corrected chi connectivity index (χ2v) is 8.97. The van der Waals surface area contributed by atoms with Crippen LogP contribution in [0.4, 0.5) is 11.8 Å². The SMILES string of the molecule is CCc1[nH]c2nc(Sc3ccc4nc(N)[nH]c(=O)c4c3)nc(N3CC[C@@H](N)C3)c2c1Cl. The summed E-state index contributed by atoms with van der Waals surface area (Å²) in [5.41, 5.74) is 13.7. The standard InChI is InChI=1S/C20H21ClN8OS/c1-2-12-15(21)14-16(24-12)26-20(27-17(14)29-6-5-9(22)8-29)31-10-3-4-13-11(7-10)18(30)28-19(23)25-13/h3-4,7,9H,2,5-6,8,22H2,1H3,(H,24,26,27)(H3,23,25,28,30)/t9-/m1/s1. The van der Waals surface area contributed by atoms with Crippen molar-refractivity contribution >= 4 is 57.1 Å². The summed E-state index contributed by atoms with van der Waals surface area (Å²) in [6, 6.07) is 5.51. The van der Waals surface area contributed by atoms with Gasteiger partial charge < -0.3 is 21.4 Å². The number of nitrogens with two attached hydrogens (primary N) is 2. The van der Waals surface area contributed by atoms with Crippen molar-refractivity contribution in [1.82, 2.24) is 24.9 Å². The Morgan fingerprint density at radius 3 is 2.87 bits per heavy atom. The molecule has 5 rings (SSSR count). The van der Waals surface area contributed by atoms with Crippen LogP contribution in [0.5, 0.6) is 0 Å². The quantitative estimate of drug-likeness (QED) is 0.343. The molecule has 4 heterocycles. The van der Waals surface area contributed by atoms with Crippen LogP contribution in [0.2, 0.25) is 5.02 Å². The summed E-state index contributed by atoms with van der Waals surface area (Å²) in [6.45, 7) is 3.58. The van der Waals surface area contributed by atoms with Crippen molar-refractivity contribution in [3.05, 3.63) is 39.3 Å². The number of nitrogens with zero attached hydrogens (tertiary/aromatic N) is 4. The molecule has 1 saturated heterocycles. The smallest absolute Gasteiger partial charge is 0.260 e. The Morgan fingerprint density at radius 1 is 1.29 bits per heavy atom. The van der Waals surface area contributed by atoms with E-state index in [1.807, 2.05) is 13.0 Å². The maximum atomic E-state index is 12.3. The second kappa shape index (κ2) is 7.70. The predicted molar refractivity (Wildman–Crippen MR) is 124 cm³/mol. The van der Waals surface area contributed by atoms with Gasteiger partial charge in [-0.2, -0.15) is 0 Å². The van der Waals surface area contributed by atoms with Crippen LogP contribution in [-0.4, -0.2) is 44.1 Å². The number of halogens is 1. The van der Waals surface area contributed by atoms with E-state index in [-0.39, 0.29) is 17.5 Å². The van der Waals surface area contributed by atoms with Gasteiger partial charge in [-0.3, -0.25) is 9.78 Å². The first-order chi connectivity index (χ1) is 14.9. The Bertz CT molecular complexity index is 1370. The highest BCUT2D eigenvalue weighted by atomic mass is 35.5. The van der Waals surface area contributed by atoms with Crippen molar-refractivity contribution in [3.8, 4) is 0 Å². The lowest BCUT2D eigenvalue weighted by atomic mass is 10.2. The van der Waals surface area contributed by atoms with Crippen LogP contribution < -0.4 is 21.9 Å². The maximum absolute atomic E-state index is 12.3. The summed E-state index contributed by atoms with van der Waals surface area (Å²) in [6.07, 6.45) is 1.67. The lowest BCUT2D eigenvalue weighted by Gasteiger charge is -2.18. The van der Waals surface area contributed by atoms with E-state index in [2.05, 4.69) is 19.9 Å². The molecule has 1 fully saturated rings. The number of H-pyrrole nitrogens is 2. The number of aromatic nitrogens is 5. The zero-order chi connectivity index (χ0) is 21.7. The number of nitrogen functional groups attached to an aromatic ring is 1. The molecule has 6 N–H and O–H groups in total. The van der Waals surface area contributed by atoms with Gasteiger partial charge in [0.2, 0.25) is 5.95 Å². The zero-order valence-electron chi connectivity index (χ0n) is 16.8. The van der Waals surface area contributed by atoms with Crippen LogP contribution in [0, 0.1) is 0 Å². The van der Waals surface area contributed by atoms with E-state index in [1.165, 1.54) is 11.8 Å². The number of aromatic amines is 2. The average Bonchev–Trinajstić information content (AvgIpc) is 3.31. The topological polar surface area (TPSA) is 143 Å². The number of rotatable bonds is 4. The summed E-state index contributed by atoms with van der Waals surface area (Å²) in [5.74, 6) is 0.880. The van der Waals surface area contributed by atoms with Gasteiger partial charge in [0, 0.05) is 29.7 Å². The van der Waals surface area contributed by atoms with Gasteiger partial charge in [-0.1, -0.05) is 18.5 Å². The normalized spacial score (nSPS) is 16.6. The molecule has 9 nitrogen and oxygen atoms in total. The monoisotopic (exact) mass is 456 g/mol. The van der Waals surface area contributed by atoms with Crippen molar-refractivity contribution < 1.29 is 0 Å². The van der Waals surface area contributed by atoms with Gasteiger partial charge in [0.05, 0.1) is 21.3 Å². The summed E-state index contributed by atoms with van der Waals surface area (Å²) < 4.78 is 0. The molecule has 1 aliphatic rings. The molecular weight excluding hydrogens is 436 g/mol. The molecule has 1 atom stereocenters. The fraction of sp³-hybridized carbons (Fsp3) is 0.300. The molecule has 0 saturated carbocycles. The minimum atomic E-state index is -0.281. The molecule has 1 aliphatic heterocycles. The van der Waals surface area contributed by atoms with Gasteiger partial charge in [0.1, 0.15) is 11.5 Å². The van der Waals surface area contributed by atoms with E-state index in [0.29, 0.717) is 26.7 Å². The molecule has 0 amide bonds. The van der Waals surface area contributed by atoms with Gasteiger partial charge in [-0.15, -0.1) is 0 Å². The van der Waals surface area contributed by atoms with Gasteiger partial charge >= 0.3 is 0 Å². The fourth-order valence-electron chi connectivity index (χ4n) is 3.87. The zero-order valence-corrected chi connectivity index (χ0v) is 18.3. The van der Waals surface area contributed by atoms with E-state index >= 15 is 0 Å². The predicted octanol–water partition coefficient (Wildman–Crippen LogP) is 2.68. The first kappa shape index (κ1) is 20.1. The third-order valence-corrected chi connectivity index (χ3v) is 6.68. The van der Waals surface area contributed by atoms with E-state index < -0.39 is 0 Å². The van der Waals surface area contributed by atoms with E-state index in [1.54, 1.807) is 12.1 Å². The lowest BCUT2D eigenvalue weighted by Crippen LogP contribution is -2.27. The average molecular weight is 457 g/mol. The first-order valence-electron chi connectivity index (χ1n) is 9.99. The fourth-order valence-corrected chi connectivity index (χ4v) is 5.02.